The molecule has 0 unspecified atom stereocenters. The molecule has 0 bridgehead atoms. The van der Waals surface area contributed by atoms with E-state index in [1.165, 1.54) is 12.3 Å². The highest BCUT2D eigenvalue weighted by Gasteiger charge is 2.39. The number of benzene rings is 3. The first kappa shape index (κ1) is 19.7. The van der Waals surface area contributed by atoms with Gasteiger partial charge < -0.3 is 10.2 Å². The number of carbonyl (C=O) groups is 1. The normalized spacial score (nSPS) is 11.3. The number of carbonyl (C=O) groups excluding carboxylic acids is 1. The largest absolute Gasteiger partial charge is 0.502 e. The number of phenols is 1. The molecule has 0 aliphatic rings. The van der Waals surface area contributed by atoms with E-state index < -0.39 is 27.9 Å². The number of phenolic OH excluding ortho intramolecular Hbond substituents is 1. The lowest BCUT2D eigenvalue weighted by Gasteiger charge is -2.27. The molecule has 0 aliphatic carbocycles. The first-order valence-corrected chi connectivity index (χ1v) is 8.57. The summed E-state index contributed by atoms with van der Waals surface area (Å²) in [5.74, 6) is -1.30. The maximum Gasteiger partial charge on any atom is 0.310 e. The van der Waals surface area contributed by atoms with Crippen molar-refractivity contribution in [3.05, 3.63) is 106 Å². The third kappa shape index (κ3) is 4.12. The average molecular weight is 391 g/mol. The zero-order valence-corrected chi connectivity index (χ0v) is 15.1. The third-order valence-electron chi connectivity index (χ3n) is 4.29. The molecule has 1 amide bonds. The van der Waals surface area contributed by atoms with Gasteiger partial charge in [0.2, 0.25) is 0 Å². The molecule has 8 nitrogen and oxygen atoms in total. The van der Waals surface area contributed by atoms with Gasteiger partial charge in [-0.25, -0.2) is 5.43 Å². The van der Waals surface area contributed by atoms with Crippen LogP contribution in [0.5, 0.6) is 5.75 Å². The Bertz CT molecular complexity index is 1010. The number of aromatic hydroxyl groups is 1. The summed E-state index contributed by atoms with van der Waals surface area (Å²) in [6.07, 6.45) is 1.21. The Balaban J connectivity index is 1.86. The number of nitro benzene ring substituents is 1. The van der Waals surface area contributed by atoms with Crippen LogP contribution in [0.25, 0.3) is 0 Å². The lowest BCUT2D eigenvalue weighted by atomic mass is 9.85. The number of nitrogens with one attached hydrogen (secondary N) is 1. The minimum Gasteiger partial charge on any atom is -0.502 e. The molecule has 3 aromatic carbocycles. The van der Waals surface area contributed by atoms with Crippen molar-refractivity contribution in [3.8, 4) is 5.75 Å². The topological polar surface area (TPSA) is 125 Å². The van der Waals surface area contributed by atoms with Gasteiger partial charge in [-0.2, -0.15) is 5.10 Å². The number of rotatable bonds is 6. The molecule has 29 heavy (non-hydrogen) atoms. The van der Waals surface area contributed by atoms with Crippen LogP contribution in [0.15, 0.2) is 84.0 Å². The Morgan fingerprint density at radius 3 is 2.03 bits per heavy atom. The highest BCUT2D eigenvalue weighted by molar-refractivity contribution is 5.91. The molecule has 0 saturated carbocycles. The van der Waals surface area contributed by atoms with E-state index in [1.54, 1.807) is 60.7 Å². The van der Waals surface area contributed by atoms with E-state index in [-0.39, 0.29) is 0 Å². The quantitative estimate of drug-likeness (QED) is 0.338. The molecular weight excluding hydrogens is 374 g/mol. The lowest BCUT2D eigenvalue weighted by molar-refractivity contribution is -0.385. The molecule has 3 N–H and O–H groups in total. The average Bonchev–Trinajstić information content (AvgIpc) is 2.74. The summed E-state index contributed by atoms with van der Waals surface area (Å²) < 4.78 is 0. The van der Waals surface area contributed by atoms with Gasteiger partial charge >= 0.3 is 5.69 Å². The number of hydrazone groups is 1. The van der Waals surface area contributed by atoms with Gasteiger partial charge in [0.25, 0.3) is 5.91 Å². The standard InChI is InChI=1S/C21H17N3O5/c25-19-13-15(11-12-18(19)24(28)29)14-22-23-20(26)21(27,16-7-3-1-4-8-16)17-9-5-2-6-10-17/h1-14,25,27H,(H,23,26)/b22-14+. The van der Waals surface area contributed by atoms with Crippen LogP contribution in [0, 0.1) is 10.1 Å². The van der Waals surface area contributed by atoms with E-state index in [2.05, 4.69) is 10.5 Å². The van der Waals surface area contributed by atoms with E-state index in [9.17, 15) is 25.1 Å². The van der Waals surface area contributed by atoms with Crippen LogP contribution in [0.3, 0.4) is 0 Å². The summed E-state index contributed by atoms with van der Waals surface area (Å²) in [5.41, 5.74) is 0.944. The summed E-state index contributed by atoms with van der Waals surface area (Å²) in [7, 11) is 0. The van der Waals surface area contributed by atoms with E-state index in [0.717, 1.165) is 12.1 Å². The smallest absolute Gasteiger partial charge is 0.310 e. The number of aliphatic hydroxyl groups is 1. The van der Waals surface area contributed by atoms with Crippen molar-refractivity contribution < 1.29 is 19.9 Å². The number of hydrogen-bond acceptors (Lipinski definition) is 6. The summed E-state index contributed by atoms with van der Waals surface area (Å²) in [6.45, 7) is 0. The summed E-state index contributed by atoms with van der Waals surface area (Å²) >= 11 is 0. The van der Waals surface area contributed by atoms with Crippen LogP contribution >= 0.6 is 0 Å². The molecule has 0 aliphatic heterocycles. The molecule has 0 radical (unpaired) electrons. The Morgan fingerprint density at radius 2 is 1.55 bits per heavy atom. The van der Waals surface area contributed by atoms with Crippen molar-refractivity contribution in [2.75, 3.05) is 0 Å². The number of nitrogens with zero attached hydrogens (tertiary/aromatic N) is 2. The molecule has 0 spiro atoms. The van der Waals surface area contributed by atoms with Crippen molar-refractivity contribution in [2.24, 2.45) is 5.10 Å². The molecule has 8 heteroatoms. The van der Waals surface area contributed by atoms with Crippen molar-refractivity contribution in [1.29, 1.82) is 0 Å². The zero-order chi connectivity index (χ0) is 20.9. The van der Waals surface area contributed by atoms with Crippen LogP contribution in [-0.4, -0.2) is 27.3 Å². The van der Waals surface area contributed by atoms with Gasteiger partial charge in [0.15, 0.2) is 11.4 Å². The SMILES string of the molecule is O=C(N/N=C/c1ccc([N+](=O)[O-])c(O)c1)C(O)(c1ccccc1)c1ccccc1. The van der Waals surface area contributed by atoms with Gasteiger partial charge in [0.1, 0.15) is 0 Å². The summed E-state index contributed by atoms with van der Waals surface area (Å²) in [5, 5.41) is 35.5. The molecule has 0 heterocycles. The molecule has 3 rings (SSSR count). The Kier molecular flexibility index (Phi) is 5.66. The van der Waals surface area contributed by atoms with E-state index in [4.69, 9.17) is 0 Å². The zero-order valence-electron chi connectivity index (χ0n) is 15.1. The minimum absolute atomic E-state index is 0.330. The fourth-order valence-electron chi connectivity index (χ4n) is 2.81. The molecule has 146 valence electrons. The van der Waals surface area contributed by atoms with E-state index in [1.807, 2.05) is 0 Å². The third-order valence-corrected chi connectivity index (χ3v) is 4.29. The second kappa shape index (κ2) is 8.32. The van der Waals surface area contributed by atoms with Gasteiger partial charge in [0.05, 0.1) is 11.1 Å². The van der Waals surface area contributed by atoms with Gasteiger partial charge in [-0.15, -0.1) is 0 Å². The van der Waals surface area contributed by atoms with Crippen molar-refractivity contribution in [1.82, 2.24) is 5.43 Å². The fraction of sp³-hybridized carbons (Fsp3) is 0.0476. The van der Waals surface area contributed by atoms with Crippen molar-refractivity contribution in [2.45, 2.75) is 5.60 Å². The van der Waals surface area contributed by atoms with Gasteiger partial charge in [-0.3, -0.25) is 14.9 Å². The van der Waals surface area contributed by atoms with Crippen LogP contribution in [-0.2, 0) is 10.4 Å². The second-order valence-electron chi connectivity index (χ2n) is 6.15. The molecule has 3 aromatic rings. The van der Waals surface area contributed by atoms with Crippen molar-refractivity contribution >= 4 is 17.8 Å². The maximum absolute atomic E-state index is 12.9. The highest BCUT2D eigenvalue weighted by Crippen LogP contribution is 2.30. The Labute approximate surface area is 165 Å². The number of nitro groups is 1. The minimum atomic E-state index is -1.97. The fourth-order valence-corrected chi connectivity index (χ4v) is 2.81. The predicted octanol–water partition coefficient (Wildman–Crippen LogP) is 2.69. The number of hydrogen-bond donors (Lipinski definition) is 3. The Morgan fingerprint density at radius 1 is 1.00 bits per heavy atom. The molecule has 0 saturated heterocycles. The summed E-state index contributed by atoms with van der Waals surface area (Å²) in [6, 6.07) is 20.5. The van der Waals surface area contributed by atoms with E-state index in [0.29, 0.717) is 16.7 Å². The van der Waals surface area contributed by atoms with Crippen LogP contribution in [0.4, 0.5) is 5.69 Å². The van der Waals surface area contributed by atoms with E-state index >= 15 is 0 Å². The molecule has 0 aromatic heterocycles. The van der Waals surface area contributed by atoms with Gasteiger partial charge in [0, 0.05) is 6.07 Å². The van der Waals surface area contributed by atoms with Gasteiger partial charge in [-0.1, -0.05) is 60.7 Å². The lowest BCUT2D eigenvalue weighted by Crippen LogP contribution is -2.43. The highest BCUT2D eigenvalue weighted by atomic mass is 16.6. The van der Waals surface area contributed by atoms with Crippen molar-refractivity contribution in [3.63, 3.8) is 0 Å². The summed E-state index contributed by atoms with van der Waals surface area (Å²) in [4.78, 5) is 22.9. The maximum atomic E-state index is 12.9. The number of amides is 1. The monoisotopic (exact) mass is 391 g/mol. The van der Waals surface area contributed by atoms with Gasteiger partial charge in [-0.05, 0) is 28.8 Å². The predicted molar refractivity (Wildman–Crippen MR) is 106 cm³/mol. The molecular formula is C21H17N3O5. The first-order valence-electron chi connectivity index (χ1n) is 8.57. The van der Waals surface area contributed by atoms with Crippen LogP contribution < -0.4 is 5.43 Å². The molecule has 0 fully saturated rings. The Hall–Kier alpha value is -4.04. The van der Waals surface area contributed by atoms with Crippen LogP contribution in [0.1, 0.15) is 16.7 Å². The first-order chi connectivity index (χ1) is 13.9. The molecule has 0 atom stereocenters. The van der Waals surface area contributed by atoms with Crippen LogP contribution in [0.2, 0.25) is 0 Å². The second-order valence-corrected chi connectivity index (χ2v) is 6.15.